The number of anilines is 1. The maximum absolute atomic E-state index is 12.0. The van der Waals surface area contributed by atoms with Crippen molar-refractivity contribution in [1.29, 1.82) is 0 Å². The highest BCUT2D eigenvalue weighted by Crippen LogP contribution is 2.26. The molecule has 1 saturated heterocycles. The number of piperazine rings is 1. The summed E-state index contributed by atoms with van der Waals surface area (Å²) in [6.07, 6.45) is 0. The van der Waals surface area contributed by atoms with Crippen LogP contribution < -0.4 is 14.9 Å². The van der Waals surface area contributed by atoms with Crippen LogP contribution in [0.5, 0.6) is 0 Å². The van der Waals surface area contributed by atoms with Gasteiger partial charge in [-0.15, -0.1) is 24.0 Å². The lowest BCUT2D eigenvalue weighted by Gasteiger charge is -2.38. The van der Waals surface area contributed by atoms with Crippen molar-refractivity contribution < 1.29 is 8.42 Å². The van der Waals surface area contributed by atoms with Gasteiger partial charge in [-0.2, -0.15) is 0 Å². The second kappa shape index (κ2) is 11.9. The van der Waals surface area contributed by atoms with Crippen molar-refractivity contribution in [1.82, 2.24) is 14.9 Å². The van der Waals surface area contributed by atoms with Gasteiger partial charge in [0.05, 0.1) is 22.2 Å². The number of nitrogens with zero attached hydrogens (tertiary/aromatic N) is 3. The third-order valence-corrected chi connectivity index (χ3v) is 6.73. The number of hydrogen-bond donors (Lipinski definition) is 2. The van der Waals surface area contributed by atoms with E-state index >= 15 is 0 Å². The van der Waals surface area contributed by atoms with Crippen molar-refractivity contribution in [2.75, 3.05) is 44.7 Å². The predicted octanol–water partition coefficient (Wildman–Crippen LogP) is 3.15. The van der Waals surface area contributed by atoms with Gasteiger partial charge in [-0.3, -0.25) is 0 Å². The molecular formula is C21H29ClIN5O2S. The Bertz CT molecular complexity index is 995. The first-order chi connectivity index (χ1) is 14.4. The number of guanidine groups is 1. The first-order valence-corrected chi connectivity index (χ1v) is 11.9. The molecule has 1 fully saturated rings. The summed E-state index contributed by atoms with van der Waals surface area (Å²) in [5.41, 5.74) is 1.90. The summed E-state index contributed by atoms with van der Waals surface area (Å²) in [4.78, 5) is 9.50. The van der Waals surface area contributed by atoms with Crippen molar-refractivity contribution in [3.8, 4) is 0 Å². The van der Waals surface area contributed by atoms with Crippen molar-refractivity contribution in [3.63, 3.8) is 0 Å². The summed E-state index contributed by atoms with van der Waals surface area (Å²) in [5, 5.41) is 4.11. The zero-order chi connectivity index (χ0) is 21.6. The molecule has 1 aliphatic heterocycles. The Morgan fingerprint density at radius 3 is 2.45 bits per heavy atom. The molecule has 0 aromatic heterocycles. The summed E-state index contributed by atoms with van der Waals surface area (Å²) >= 11 is 6.34. The molecule has 0 spiro atoms. The number of rotatable bonds is 6. The molecule has 0 saturated carbocycles. The van der Waals surface area contributed by atoms with Crippen LogP contribution in [0.4, 0.5) is 5.69 Å². The number of halogens is 2. The molecule has 0 aliphatic carbocycles. The van der Waals surface area contributed by atoms with Crippen LogP contribution in [0.15, 0.2) is 58.4 Å². The second-order valence-electron chi connectivity index (χ2n) is 6.95. The van der Waals surface area contributed by atoms with E-state index in [1.165, 1.54) is 7.05 Å². The fourth-order valence-electron chi connectivity index (χ4n) is 3.39. The van der Waals surface area contributed by atoms with Crippen LogP contribution in [0.3, 0.4) is 0 Å². The summed E-state index contributed by atoms with van der Waals surface area (Å²) < 4.78 is 26.4. The topological polar surface area (TPSA) is 77.0 Å². The lowest BCUT2D eigenvalue weighted by atomic mass is 10.2. The van der Waals surface area contributed by atoms with E-state index in [0.717, 1.165) is 55.0 Å². The van der Waals surface area contributed by atoms with Gasteiger partial charge in [-0.05, 0) is 43.8 Å². The largest absolute Gasteiger partial charge is 0.367 e. The SMILES string of the molecule is CCNC(=NCc1cccc(S(=O)(=O)NC)c1)N1CCN(c2ccccc2Cl)CC1.I. The van der Waals surface area contributed by atoms with Gasteiger partial charge in [0, 0.05) is 32.7 Å². The van der Waals surface area contributed by atoms with E-state index in [0.29, 0.717) is 6.54 Å². The van der Waals surface area contributed by atoms with E-state index in [9.17, 15) is 8.42 Å². The van der Waals surface area contributed by atoms with Gasteiger partial charge in [0.1, 0.15) is 0 Å². The average molecular weight is 578 g/mol. The first-order valence-electron chi connectivity index (χ1n) is 10.00. The van der Waals surface area contributed by atoms with E-state index in [1.807, 2.05) is 37.3 Å². The normalized spacial score (nSPS) is 14.9. The molecule has 1 aliphatic rings. The maximum atomic E-state index is 12.0. The molecule has 0 bridgehead atoms. The predicted molar refractivity (Wildman–Crippen MR) is 138 cm³/mol. The molecule has 0 radical (unpaired) electrons. The Labute approximate surface area is 206 Å². The minimum Gasteiger partial charge on any atom is -0.367 e. The van der Waals surface area contributed by atoms with Crippen LogP contribution in [-0.4, -0.2) is 59.0 Å². The highest BCUT2D eigenvalue weighted by atomic mass is 127. The molecule has 170 valence electrons. The quantitative estimate of drug-likeness (QED) is 0.313. The Kier molecular flexibility index (Phi) is 9.86. The molecule has 31 heavy (non-hydrogen) atoms. The fraction of sp³-hybridized carbons (Fsp3) is 0.381. The Balaban J connectivity index is 0.00000341. The standard InChI is InChI=1S/C21H28ClN5O2S.HI/c1-3-24-21(25-16-17-7-6-8-18(15-17)30(28,29)23-2)27-13-11-26(12-14-27)20-10-5-4-9-19(20)22;/h4-10,15,23H,3,11-14,16H2,1-2H3,(H,24,25);1H. The summed E-state index contributed by atoms with van der Waals surface area (Å²) in [6.45, 7) is 6.55. The fourth-order valence-corrected chi connectivity index (χ4v) is 4.44. The van der Waals surface area contributed by atoms with E-state index in [2.05, 4.69) is 19.8 Å². The Morgan fingerprint density at radius 2 is 1.81 bits per heavy atom. The highest BCUT2D eigenvalue weighted by molar-refractivity contribution is 14.0. The van der Waals surface area contributed by atoms with E-state index in [4.69, 9.17) is 16.6 Å². The van der Waals surface area contributed by atoms with Crippen molar-refractivity contribution in [3.05, 3.63) is 59.1 Å². The number of nitrogens with one attached hydrogen (secondary N) is 2. The van der Waals surface area contributed by atoms with Gasteiger partial charge in [0.15, 0.2) is 5.96 Å². The van der Waals surface area contributed by atoms with Crippen LogP contribution in [0.2, 0.25) is 5.02 Å². The number of para-hydroxylation sites is 1. The second-order valence-corrected chi connectivity index (χ2v) is 9.24. The molecule has 0 amide bonds. The van der Waals surface area contributed by atoms with Crippen molar-refractivity contribution in [2.45, 2.75) is 18.4 Å². The molecular weight excluding hydrogens is 549 g/mol. The van der Waals surface area contributed by atoms with Crippen LogP contribution in [-0.2, 0) is 16.6 Å². The maximum Gasteiger partial charge on any atom is 0.240 e. The molecule has 0 unspecified atom stereocenters. The van der Waals surface area contributed by atoms with Gasteiger partial charge in [0.2, 0.25) is 10.0 Å². The van der Waals surface area contributed by atoms with Crippen LogP contribution in [0.1, 0.15) is 12.5 Å². The van der Waals surface area contributed by atoms with E-state index in [1.54, 1.807) is 18.2 Å². The van der Waals surface area contributed by atoms with Gasteiger partial charge in [0.25, 0.3) is 0 Å². The lowest BCUT2D eigenvalue weighted by molar-refractivity contribution is 0.372. The van der Waals surface area contributed by atoms with E-state index in [-0.39, 0.29) is 28.9 Å². The zero-order valence-corrected chi connectivity index (χ0v) is 21.6. The number of sulfonamides is 1. The minimum absolute atomic E-state index is 0. The molecule has 1 heterocycles. The molecule has 2 N–H and O–H groups in total. The van der Waals surface area contributed by atoms with Crippen LogP contribution in [0, 0.1) is 0 Å². The first kappa shape index (κ1) is 25.7. The molecule has 7 nitrogen and oxygen atoms in total. The lowest BCUT2D eigenvalue weighted by Crippen LogP contribution is -2.52. The monoisotopic (exact) mass is 577 g/mol. The van der Waals surface area contributed by atoms with Crippen molar-refractivity contribution >= 4 is 57.2 Å². The van der Waals surface area contributed by atoms with Gasteiger partial charge in [-0.25, -0.2) is 18.1 Å². The highest BCUT2D eigenvalue weighted by Gasteiger charge is 2.21. The summed E-state index contributed by atoms with van der Waals surface area (Å²) in [5.74, 6) is 0.832. The van der Waals surface area contributed by atoms with Gasteiger partial charge < -0.3 is 15.1 Å². The molecule has 3 rings (SSSR count). The Hall–Kier alpha value is -1.56. The number of hydrogen-bond acceptors (Lipinski definition) is 4. The molecule has 0 atom stereocenters. The third kappa shape index (κ3) is 6.71. The Morgan fingerprint density at radius 1 is 1.10 bits per heavy atom. The molecule has 2 aromatic rings. The van der Waals surface area contributed by atoms with Gasteiger partial charge in [-0.1, -0.05) is 35.9 Å². The summed E-state index contributed by atoms with van der Waals surface area (Å²) in [7, 11) is -2.06. The van der Waals surface area contributed by atoms with Gasteiger partial charge >= 0.3 is 0 Å². The molecule has 2 aromatic carbocycles. The summed E-state index contributed by atoms with van der Waals surface area (Å²) in [6, 6.07) is 14.8. The van der Waals surface area contributed by atoms with E-state index < -0.39 is 10.0 Å². The zero-order valence-electron chi connectivity index (χ0n) is 17.7. The number of aliphatic imine (C=N–C) groups is 1. The molecule has 10 heteroatoms. The number of benzene rings is 2. The third-order valence-electron chi connectivity index (χ3n) is 5.00. The van der Waals surface area contributed by atoms with Crippen LogP contribution in [0.25, 0.3) is 0 Å². The minimum atomic E-state index is -3.47. The van der Waals surface area contributed by atoms with Crippen molar-refractivity contribution in [2.24, 2.45) is 4.99 Å². The smallest absolute Gasteiger partial charge is 0.240 e. The van der Waals surface area contributed by atoms with Crippen LogP contribution >= 0.6 is 35.6 Å². The average Bonchev–Trinajstić information content (AvgIpc) is 2.77.